The highest BCUT2D eigenvalue weighted by molar-refractivity contribution is 5.78. The Kier molecular flexibility index (Phi) is 6.87. The fraction of sp³-hybridized carbons (Fsp3) is 0.381. The smallest absolute Gasteiger partial charge is 0.258 e. The average Bonchev–Trinajstić information content (AvgIpc) is 2.65. The molecule has 1 N–H and O–H groups in total. The molecule has 4 nitrogen and oxygen atoms in total. The molecule has 2 rings (SSSR count). The van der Waals surface area contributed by atoms with E-state index in [2.05, 4.69) is 19.2 Å². The number of ether oxygens (including phenoxy) is 2. The fourth-order valence-corrected chi connectivity index (χ4v) is 2.59. The van der Waals surface area contributed by atoms with Crippen molar-refractivity contribution in [3.05, 3.63) is 59.7 Å². The fourth-order valence-electron chi connectivity index (χ4n) is 2.59. The Balaban J connectivity index is 1.88. The highest BCUT2D eigenvalue weighted by Crippen LogP contribution is 2.21. The van der Waals surface area contributed by atoms with Crippen LogP contribution >= 0.6 is 0 Å². The Labute approximate surface area is 150 Å². The minimum atomic E-state index is -0.129. The van der Waals surface area contributed by atoms with Gasteiger partial charge in [-0.1, -0.05) is 45.0 Å². The molecule has 0 spiro atoms. The summed E-state index contributed by atoms with van der Waals surface area (Å²) in [7, 11) is 1.64. The van der Waals surface area contributed by atoms with Crippen LogP contribution in [-0.2, 0) is 4.79 Å². The molecule has 1 unspecified atom stereocenters. The SMILES string of the molecule is CCC(NC(=O)COc1ccc(C(C)C)cc1)c1ccc(OC)cc1. The van der Waals surface area contributed by atoms with Crippen LogP contribution in [0.3, 0.4) is 0 Å². The van der Waals surface area contributed by atoms with E-state index in [0.29, 0.717) is 11.7 Å². The maximum Gasteiger partial charge on any atom is 0.258 e. The lowest BCUT2D eigenvalue weighted by Crippen LogP contribution is -2.32. The summed E-state index contributed by atoms with van der Waals surface area (Å²) in [5.74, 6) is 1.86. The van der Waals surface area contributed by atoms with Crippen molar-refractivity contribution in [3.63, 3.8) is 0 Å². The van der Waals surface area contributed by atoms with E-state index in [0.717, 1.165) is 17.7 Å². The minimum Gasteiger partial charge on any atom is -0.497 e. The van der Waals surface area contributed by atoms with Crippen LogP contribution in [-0.4, -0.2) is 19.6 Å². The van der Waals surface area contributed by atoms with Crippen LogP contribution in [0.5, 0.6) is 11.5 Å². The normalized spacial score (nSPS) is 11.9. The maximum atomic E-state index is 12.2. The molecule has 134 valence electrons. The zero-order valence-electron chi connectivity index (χ0n) is 15.4. The molecule has 25 heavy (non-hydrogen) atoms. The van der Waals surface area contributed by atoms with Gasteiger partial charge in [0.2, 0.25) is 0 Å². The van der Waals surface area contributed by atoms with Crippen molar-refractivity contribution < 1.29 is 14.3 Å². The number of methoxy groups -OCH3 is 1. The second-order valence-corrected chi connectivity index (χ2v) is 6.31. The highest BCUT2D eigenvalue weighted by Gasteiger charge is 2.13. The Morgan fingerprint density at radius 1 is 0.960 bits per heavy atom. The van der Waals surface area contributed by atoms with Crippen molar-refractivity contribution in [2.75, 3.05) is 13.7 Å². The standard InChI is InChI=1S/C21H27NO3/c1-5-20(17-8-10-18(24-4)11-9-17)22-21(23)14-25-19-12-6-16(7-13-19)15(2)3/h6-13,15,20H,5,14H2,1-4H3,(H,22,23). The second kappa shape index (κ2) is 9.11. The molecule has 0 bridgehead atoms. The largest absolute Gasteiger partial charge is 0.497 e. The number of rotatable bonds is 8. The topological polar surface area (TPSA) is 47.6 Å². The van der Waals surface area contributed by atoms with E-state index in [1.165, 1.54) is 5.56 Å². The van der Waals surface area contributed by atoms with Crippen LogP contribution in [0.1, 0.15) is 50.3 Å². The molecule has 0 saturated carbocycles. The number of carbonyl (C=O) groups excluding carboxylic acids is 1. The van der Waals surface area contributed by atoms with Gasteiger partial charge in [0, 0.05) is 0 Å². The third-order valence-corrected chi connectivity index (χ3v) is 4.18. The molecule has 1 amide bonds. The number of hydrogen-bond donors (Lipinski definition) is 1. The van der Waals surface area contributed by atoms with E-state index in [1.54, 1.807) is 7.11 Å². The third kappa shape index (κ3) is 5.52. The van der Waals surface area contributed by atoms with Crippen LogP contribution in [0.4, 0.5) is 0 Å². The van der Waals surface area contributed by atoms with Crippen LogP contribution in [0.2, 0.25) is 0 Å². The van der Waals surface area contributed by atoms with E-state index in [4.69, 9.17) is 9.47 Å². The van der Waals surface area contributed by atoms with Crippen LogP contribution in [0, 0.1) is 0 Å². The quantitative estimate of drug-likeness (QED) is 0.771. The molecule has 0 aliphatic heterocycles. The first kappa shape index (κ1) is 18.8. The highest BCUT2D eigenvalue weighted by atomic mass is 16.5. The Morgan fingerprint density at radius 3 is 2.04 bits per heavy atom. The summed E-state index contributed by atoms with van der Waals surface area (Å²) in [6, 6.07) is 15.6. The molecular weight excluding hydrogens is 314 g/mol. The van der Waals surface area contributed by atoms with Crippen LogP contribution in [0.15, 0.2) is 48.5 Å². The van der Waals surface area contributed by atoms with Crippen LogP contribution < -0.4 is 14.8 Å². The zero-order valence-corrected chi connectivity index (χ0v) is 15.4. The van der Waals surface area contributed by atoms with E-state index in [-0.39, 0.29) is 18.6 Å². The predicted molar refractivity (Wildman–Crippen MR) is 100 cm³/mol. The number of benzene rings is 2. The van der Waals surface area contributed by atoms with E-state index in [9.17, 15) is 4.79 Å². The van der Waals surface area contributed by atoms with Crippen molar-refractivity contribution in [3.8, 4) is 11.5 Å². The zero-order chi connectivity index (χ0) is 18.2. The lowest BCUT2D eigenvalue weighted by Gasteiger charge is -2.18. The molecule has 0 aromatic heterocycles. The molecule has 4 heteroatoms. The Morgan fingerprint density at radius 2 is 1.52 bits per heavy atom. The molecule has 2 aromatic carbocycles. The van der Waals surface area contributed by atoms with Gasteiger partial charge < -0.3 is 14.8 Å². The average molecular weight is 341 g/mol. The molecule has 1 atom stereocenters. The van der Waals surface area contributed by atoms with Gasteiger partial charge in [-0.25, -0.2) is 0 Å². The van der Waals surface area contributed by atoms with Gasteiger partial charge in [-0.05, 0) is 47.7 Å². The number of amides is 1. The maximum absolute atomic E-state index is 12.2. The van der Waals surface area contributed by atoms with Gasteiger partial charge in [0.15, 0.2) is 6.61 Å². The Bertz CT molecular complexity index is 663. The van der Waals surface area contributed by atoms with E-state index < -0.39 is 0 Å². The summed E-state index contributed by atoms with van der Waals surface area (Å²) in [4.78, 5) is 12.2. The second-order valence-electron chi connectivity index (χ2n) is 6.31. The van der Waals surface area contributed by atoms with Gasteiger partial charge in [-0.3, -0.25) is 4.79 Å². The van der Waals surface area contributed by atoms with Crippen molar-refractivity contribution in [2.24, 2.45) is 0 Å². The van der Waals surface area contributed by atoms with Gasteiger partial charge in [0.05, 0.1) is 13.2 Å². The summed E-state index contributed by atoms with van der Waals surface area (Å²) < 4.78 is 10.8. The van der Waals surface area contributed by atoms with Gasteiger partial charge in [-0.2, -0.15) is 0 Å². The monoisotopic (exact) mass is 341 g/mol. The number of hydrogen-bond acceptors (Lipinski definition) is 3. The number of carbonyl (C=O) groups is 1. The van der Waals surface area contributed by atoms with Crippen molar-refractivity contribution in [1.82, 2.24) is 5.32 Å². The summed E-state index contributed by atoms with van der Waals surface area (Å²) >= 11 is 0. The van der Waals surface area contributed by atoms with Gasteiger partial charge in [0.1, 0.15) is 11.5 Å². The summed E-state index contributed by atoms with van der Waals surface area (Å²) in [5.41, 5.74) is 2.31. The predicted octanol–water partition coefficient (Wildman–Crippen LogP) is 4.46. The summed E-state index contributed by atoms with van der Waals surface area (Å²) in [6.07, 6.45) is 0.807. The van der Waals surface area contributed by atoms with Crippen molar-refractivity contribution in [2.45, 2.75) is 39.2 Å². The molecule has 0 radical (unpaired) electrons. The molecule has 2 aromatic rings. The van der Waals surface area contributed by atoms with Crippen LogP contribution in [0.25, 0.3) is 0 Å². The molecule has 0 saturated heterocycles. The minimum absolute atomic E-state index is 0.00762. The van der Waals surface area contributed by atoms with Crippen molar-refractivity contribution >= 4 is 5.91 Å². The molecule has 0 aliphatic rings. The van der Waals surface area contributed by atoms with Crippen molar-refractivity contribution in [1.29, 1.82) is 0 Å². The summed E-state index contributed by atoms with van der Waals surface area (Å²) in [5, 5.41) is 3.02. The molecular formula is C21H27NO3. The number of nitrogens with one attached hydrogen (secondary N) is 1. The third-order valence-electron chi connectivity index (χ3n) is 4.18. The van der Waals surface area contributed by atoms with E-state index in [1.807, 2.05) is 55.5 Å². The summed E-state index contributed by atoms with van der Waals surface area (Å²) in [6.45, 7) is 6.34. The lowest BCUT2D eigenvalue weighted by atomic mass is 10.0. The first-order chi connectivity index (χ1) is 12.0. The molecule has 0 fully saturated rings. The van der Waals surface area contributed by atoms with Gasteiger partial charge in [0.25, 0.3) is 5.91 Å². The lowest BCUT2D eigenvalue weighted by molar-refractivity contribution is -0.123. The first-order valence-corrected chi connectivity index (χ1v) is 8.69. The van der Waals surface area contributed by atoms with Gasteiger partial charge in [-0.15, -0.1) is 0 Å². The molecule has 0 heterocycles. The van der Waals surface area contributed by atoms with Gasteiger partial charge >= 0.3 is 0 Å². The Hall–Kier alpha value is -2.49. The first-order valence-electron chi connectivity index (χ1n) is 8.69. The molecule has 0 aliphatic carbocycles. The van der Waals surface area contributed by atoms with E-state index >= 15 is 0 Å².